The van der Waals surface area contributed by atoms with Crippen LogP contribution in [0.2, 0.25) is 0 Å². The first-order valence-electron chi connectivity index (χ1n) is 9.81. The lowest BCUT2D eigenvalue weighted by Crippen LogP contribution is -2.43. The molecule has 0 saturated carbocycles. The molecule has 1 amide bonds. The average molecular weight is 410 g/mol. The minimum absolute atomic E-state index is 0.103. The van der Waals surface area contributed by atoms with Crippen molar-refractivity contribution in [2.45, 2.75) is 72.1 Å². The molecule has 1 aromatic carbocycles. The van der Waals surface area contributed by atoms with Gasteiger partial charge in [0.2, 0.25) is 0 Å². The van der Waals surface area contributed by atoms with E-state index in [1.165, 1.54) is 0 Å². The van der Waals surface area contributed by atoms with Gasteiger partial charge in [-0.05, 0) is 46.6 Å². The number of carbonyl (C=O) groups is 2. The fourth-order valence-corrected chi connectivity index (χ4v) is 3.15. The first kappa shape index (κ1) is 24.6. The minimum atomic E-state index is -0.835. The van der Waals surface area contributed by atoms with Gasteiger partial charge in [-0.3, -0.25) is 0 Å². The van der Waals surface area contributed by atoms with Crippen LogP contribution in [-0.2, 0) is 14.3 Å². The summed E-state index contributed by atoms with van der Waals surface area (Å²) < 4.78 is 21.7. The van der Waals surface area contributed by atoms with Crippen molar-refractivity contribution in [3.05, 3.63) is 23.8 Å². The Kier molecular flexibility index (Phi) is 8.80. The molecule has 0 fully saturated rings. The highest BCUT2D eigenvalue weighted by Crippen LogP contribution is 2.37. The molecule has 0 aromatic heterocycles. The van der Waals surface area contributed by atoms with Crippen LogP contribution in [0.5, 0.6) is 11.5 Å². The Balaban J connectivity index is 2.92. The van der Waals surface area contributed by atoms with Crippen LogP contribution in [0.1, 0.15) is 59.9 Å². The van der Waals surface area contributed by atoms with Crippen LogP contribution in [0.15, 0.2) is 18.2 Å². The van der Waals surface area contributed by atoms with E-state index in [1.807, 2.05) is 25.1 Å². The van der Waals surface area contributed by atoms with Crippen molar-refractivity contribution in [2.75, 3.05) is 14.2 Å². The predicted octanol–water partition coefficient (Wildman–Crippen LogP) is 4.29. The summed E-state index contributed by atoms with van der Waals surface area (Å²) >= 11 is 0. The zero-order valence-electron chi connectivity index (χ0n) is 19.0. The maximum absolute atomic E-state index is 12.5. The highest BCUT2D eigenvalue weighted by atomic mass is 16.6. The van der Waals surface area contributed by atoms with E-state index in [9.17, 15) is 9.59 Å². The quantitative estimate of drug-likeness (QED) is 0.645. The zero-order valence-corrected chi connectivity index (χ0v) is 19.0. The van der Waals surface area contributed by atoms with Gasteiger partial charge in [-0.25, -0.2) is 9.59 Å². The fraction of sp³-hybridized carbons (Fsp3) is 0.636. The number of methoxy groups -OCH3 is 2. The van der Waals surface area contributed by atoms with Gasteiger partial charge in [0.1, 0.15) is 29.2 Å². The first-order chi connectivity index (χ1) is 13.4. The van der Waals surface area contributed by atoms with Crippen molar-refractivity contribution in [3.8, 4) is 11.5 Å². The van der Waals surface area contributed by atoms with Gasteiger partial charge >= 0.3 is 12.1 Å². The highest BCUT2D eigenvalue weighted by Gasteiger charge is 2.31. The van der Waals surface area contributed by atoms with Gasteiger partial charge in [-0.2, -0.15) is 0 Å². The average Bonchev–Trinajstić information content (AvgIpc) is 2.59. The van der Waals surface area contributed by atoms with Crippen molar-refractivity contribution < 1.29 is 28.5 Å². The number of benzene rings is 1. The summed E-state index contributed by atoms with van der Waals surface area (Å²) in [5.41, 5.74) is 0.283. The molecule has 0 aliphatic heterocycles. The number of hydrogen-bond acceptors (Lipinski definition) is 6. The maximum Gasteiger partial charge on any atom is 0.408 e. The Morgan fingerprint density at radius 3 is 2.10 bits per heavy atom. The van der Waals surface area contributed by atoms with E-state index in [2.05, 4.69) is 19.2 Å². The third-order valence-corrected chi connectivity index (χ3v) is 4.41. The summed E-state index contributed by atoms with van der Waals surface area (Å²) in [6.07, 6.45) is -1.10. The summed E-state index contributed by atoms with van der Waals surface area (Å²) in [5, 5.41) is 2.51. The van der Waals surface area contributed by atoms with E-state index in [4.69, 9.17) is 18.9 Å². The van der Waals surface area contributed by atoms with E-state index >= 15 is 0 Å². The molecule has 0 radical (unpaired) electrons. The predicted molar refractivity (Wildman–Crippen MR) is 112 cm³/mol. The molecule has 7 nitrogen and oxygen atoms in total. The SMILES string of the molecule is COc1ccc([C@H](C(C)C)[C@H](C)OC(=O)[C@H](C)NC(=O)OC(C)(C)C)c(OC)c1. The van der Waals surface area contributed by atoms with E-state index in [0.717, 1.165) is 5.56 Å². The molecular weight excluding hydrogens is 374 g/mol. The van der Waals surface area contributed by atoms with E-state index in [1.54, 1.807) is 41.9 Å². The Bertz CT molecular complexity index is 695. The molecule has 0 saturated heterocycles. The topological polar surface area (TPSA) is 83.1 Å². The largest absolute Gasteiger partial charge is 0.497 e. The van der Waals surface area contributed by atoms with Crippen LogP contribution in [0.4, 0.5) is 4.79 Å². The van der Waals surface area contributed by atoms with Gasteiger partial charge in [-0.15, -0.1) is 0 Å². The molecule has 0 aliphatic carbocycles. The highest BCUT2D eigenvalue weighted by molar-refractivity contribution is 5.81. The lowest BCUT2D eigenvalue weighted by atomic mass is 9.83. The minimum Gasteiger partial charge on any atom is -0.497 e. The maximum atomic E-state index is 12.5. The normalized spacial score (nSPS) is 14.6. The molecular formula is C22H35NO6. The van der Waals surface area contributed by atoms with Gasteiger partial charge < -0.3 is 24.3 Å². The summed E-state index contributed by atoms with van der Waals surface area (Å²) in [6, 6.07) is 4.76. The van der Waals surface area contributed by atoms with Crippen molar-refractivity contribution in [3.63, 3.8) is 0 Å². The molecule has 7 heteroatoms. The van der Waals surface area contributed by atoms with E-state index in [-0.39, 0.29) is 11.8 Å². The summed E-state index contributed by atoms with van der Waals surface area (Å²) in [6.45, 7) is 12.8. The second-order valence-electron chi connectivity index (χ2n) is 8.39. The lowest BCUT2D eigenvalue weighted by Gasteiger charge is -2.30. The molecule has 0 heterocycles. The standard InChI is InChI=1S/C22H35NO6/c1-13(2)19(17-11-10-16(26-8)12-18(17)27-9)15(4)28-20(24)14(3)23-21(25)29-22(5,6)7/h10-15,19H,1-9H3,(H,23,25)/t14-,15-,19+/m0/s1. The van der Waals surface area contributed by atoms with Crippen LogP contribution in [0, 0.1) is 5.92 Å². The van der Waals surface area contributed by atoms with Crippen LogP contribution in [-0.4, -0.2) is 44.0 Å². The van der Waals surface area contributed by atoms with Gasteiger partial charge in [0.25, 0.3) is 0 Å². The molecule has 1 N–H and O–H groups in total. The Morgan fingerprint density at radius 1 is 1.00 bits per heavy atom. The van der Waals surface area contributed by atoms with Gasteiger partial charge in [-0.1, -0.05) is 19.9 Å². The monoisotopic (exact) mass is 409 g/mol. The third kappa shape index (κ3) is 7.48. The van der Waals surface area contributed by atoms with Crippen LogP contribution in [0.25, 0.3) is 0 Å². The first-order valence-corrected chi connectivity index (χ1v) is 9.81. The number of carbonyl (C=O) groups excluding carboxylic acids is 2. The van der Waals surface area contributed by atoms with Crippen LogP contribution in [0.3, 0.4) is 0 Å². The van der Waals surface area contributed by atoms with Gasteiger partial charge in [0.05, 0.1) is 14.2 Å². The molecule has 0 unspecified atom stereocenters. The number of hydrogen-bond donors (Lipinski definition) is 1. The number of amides is 1. The Labute approximate surface area is 174 Å². The fourth-order valence-electron chi connectivity index (χ4n) is 3.15. The van der Waals surface area contributed by atoms with Crippen molar-refractivity contribution in [2.24, 2.45) is 5.92 Å². The molecule has 0 spiro atoms. The number of alkyl carbamates (subject to hydrolysis) is 1. The smallest absolute Gasteiger partial charge is 0.408 e. The summed E-state index contributed by atoms with van der Waals surface area (Å²) in [5.74, 6) is 0.906. The van der Waals surface area contributed by atoms with Gasteiger partial charge in [0.15, 0.2) is 0 Å². The number of ether oxygens (including phenoxy) is 4. The molecule has 1 aromatic rings. The van der Waals surface area contributed by atoms with Crippen LogP contribution < -0.4 is 14.8 Å². The van der Waals surface area contributed by atoms with Crippen molar-refractivity contribution in [1.29, 1.82) is 0 Å². The Morgan fingerprint density at radius 2 is 1.62 bits per heavy atom. The molecule has 3 atom stereocenters. The van der Waals surface area contributed by atoms with Gasteiger partial charge in [0, 0.05) is 17.5 Å². The lowest BCUT2D eigenvalue weighted by molar-refractivity contribution is -0.152. The van der Waals surface area contributed by atoms with E-state index in [0.29, 0.717) is 11.5 Å². The molecule has 0 bridgehead atoms. The molecule has 0 aliphatic rings. The van der Waals surface area contributed by atoms with E-state index < -0.39 is 29.8 Å². The second kappa shape index (κ2) is 10.4. The Hall–Kier alpha value is -2.44. The molecule has 1 rings (SSSR count). The second-order valence-corrected chi connectivity index (χ2v) is 8.39. The summed E-state index contributed by atoms with van der Waals surface area (Å²) in [7, 11) is 3.19. The number of nitrogens with one attached hydrogen (secondary N) is 1. The van der Waals surface area contributed by atoms with Crippen molar-refractivity contribution in [1.82, 2.24) is 5.32 Å². The number of rotatable bonds is 8. The number of esters is 1. The molecule has 29 heavy (non-hydrogen) atoms. The van der Waals surface area contributed by atoms with Crippen molar-refractivity contribution >= 4 is 12.1 Å². The van der Waals surface area contributed by atoms with Crippen LogP contribution >= 0.6 is 0 Å². The zero-order chi connectivity index (χ0) is 22.4. The third-order valence-electron chi connectivity index (χ3n) is 4.41. The molecule has 164 valence electrons. The summed E-state index contributed by atoms with van der Waals surface area (Å²) in [4.78, 5) is 24.4.